The lowest BCUT2D eigenvalue weighted by atomic mass is 9.98. The van der Waals surface area contributed by atoms with Crippen LogP contribution in [-0.4, -0.2) is 56.2 Å². The van der Waals surface area contributed by atoms with Crippen LogP contribution in [0.2, 0.25) is 0 Å². The van der Waals surface area contributed by atoms with Crippen LogP contribution in [0.1, 0.15) is 25.8 Å². The van der Waals surface area contributed by atoms with Gasteiger partial charge in [0.2, 0.25) is 17.6 Å². The second-order valence-electron chi connectivity index (χ2n) is 7.52. The summed E-state index contributed by atoms with van der Waals surface area (Å²) in [7, 11) is 0. The van der Waals surface area contributed by atoms with Crippen molar-refractivity contribution in [2.24, 2.45) is 5.92 Å². The van der Waals surface area contributed by atoms with Crippen molar-refractivity contribution in [2.75, 3.05) is 18.8 Å². The standard InChI is InChI=1S/C23H28N6O2S/c1-3-21(30)29(13-12-24-23(31)16(2)15-32)14-17-8-10-18(11-9-17)19-6-4-5-7-20(19)22-25-27-28-26-22/h4-11,16,32H,3,12-15H2,1-2H3,(H,24,31)(H,25,26,27,28). The number of rotatable bonds is 10. The van der Waals surface area contributed by atoms with Crippen LogP contribution < -0.4 is 5.32 Å². The molecule has 0 aliphatic carbocycles. The van der Waals surface area contributed by atoms with Crippen LogP contribution in [0.25, 0.3) is 22.5 Å². The first-order valence-electron chi connectivity index (χ1n) is 10.6. The third kappa shape index (κ3) is 5.94. The molecule has 0 bridgehead atoms. The lowest BCUT2D eigenvalue weighted by Gasteiger charge is -2.23. The highest BCUT2D eigenvalue weighted by Gasteiger charge is 2.15. The normalized spacial score (nSPS) is 11.7. The fourth-order valence-electron chi connectivity index (χ4n) is 3.30. The molecule has 0 saturated carbocycles. The van der Waals surface area contributed by atoms with Gasteiger partial charge in [0.25, 0.3) is 0 Å². The second kappa shape index (κ2) is 11.4. The highest BCUT2D eigenvalue weighted by Crippen LogP contribution is 2.29. The van der Waals surface area contributed by atoms with Crippen molar-refractivity contribution in [1.29, 1.82) is 0 Å². The van der Waals surface area contributed by atoms with Gasteiger partial charge in [0.05, 0.1) is 0 Å². The SMILES string of the molecule is CCC(=O)N(CCNC(=O)C(C)CS)Cc1ccc(-c2ccccc2-c2nn[nH]n2)cc1. The second-order valence-corrected chi connectivity index (χ2v) is 7.89. The predicted octanol–water partition coefficient (Wildman–Crippen LogP) is 2.95. The zero-order valence-corrected chi connectivity index (χ0v) is 19.2. The quantitative estimate of drug-likeness (QED) is 0.410. The van der Waals surface area contributed by atoms with Crippen molar-refractivity contribution in [3.8, 4) is 22.5 Å². The van der Waals surface area contributed by atoms with Crippen molar-refractivity contribution < 1.29 is 9.59 Å². The number of amides is 2. The Bertz CT molecular complexity index is 1020. The molecule has 0 spiro atoms. The molecular weight excluding hydrogens is 424 g/mol. The molecule has 0 aliphatic rings. The number of tetrazole rings is 1. The van der Waals surface area contributed by atoms with E-state index in [0.717, 1.165) is 22.3 Å². The molecule has 1 unspecified atom stereocenters. The zero-order valence-electron chi connectivity index (χ0n) is 18.3. The van der Waals surface area contributed by atoms with E-state index in [0.29, 0.717) is 37.6 Å². The first kappa shape index (κ1) is 23.5. The fourth-order valence-corrected chi connectivity index (χ4v) is 3.47. The molecule has 168 valence electrons. The van der Waals surface area contributed by atoms with Gasteiger partial charge in [-0.1, -0.05) is 62.4 Å². The molecule has 0 radical (unpaired) electrons. The molecule has 2 amide bonds. The third-order valence-corrected chi connectivity index (χ3v) is 5.76. The minimum Gasteiger partial charge on any atom is -0.354 e. The van der Waals surface area contributed by atoms with E-state index in [-0.39, 0.29) is 17.7 Å². The summed E-state index contributed by atoms with van der Waals surface area (Å²) in [6.07, 6.45) is 0.414. The number of aromatic nitrogens is 4. The van der Waals surface area contributed by atoms with Crippen molar-refractivity contribution >= 4 is 24.4 Å². The van der Waals surface area contributed by atoms with Crippen LogP contribution in [0.5, 0.6) is 0 Å². The molecule has 1 heterocycles. The highest BCUT2D eigenvalue weighted by molar-refractivity contribution is 7.80. The van der Waals surface area contributed by atoms with E-state index >= 15 is 0 Å². The smallest absolute Gasteiger partial charge is 0.223 e. The van der Waals surface area contributed by atoms with Crippen LogP contribution in [0.15, 0.2) is 48.5 Å². The van der Waals surface area contributed by atoms with Crippen LogP contribution in [0, 0.1) is 5.92 Å². The molecule has 0 saturated heterocycles. The third-order valence-electron chi connectivity index (χ3n) is 5.21. The average molecular weight is 453 g/mol. The van der Waals surface area contributed by atoms with Gasteiger partial charge < -0.3 is 10.2 Å². The number of H-pyrrole nitrogens is 1. The summed E-state index contributed by atoms with van der Waals surface area (Å²) in [6.45, 7) is 5.03. The van der Waals surface area contributed by atoms with Crippen LogP contribution in [0.4, 0.5) is 0 Å². The Morgan fingerprint density at radius 3 is 2.47 bits per heavy atom. The van der Waals surface area contributed by atoms with Gasteiger partial charge in [-0.3, -0.25) is 9.59 Å². The monoisotopic (exact) mass is 452 g/mol. The molecule has 2 aromatic carbocycles. The average Bonchev–Trinajstić information content (AvgIpc) is 3.37. The Labute approximate surface area is 193 Å². The number of nitrogens with one attached hydrogen (secondary N) is 2. The van der Waals surface area contributed by atoms with Gasteiger partial charge >= 0.3 is 0 Å². The first-order valence-corrected chi connectivity index (χ1v) is 11.2. The van der Waals surface area contributed by atoms with Gasteiger partial charge in [0.15, 0.2) is 0 Å². The molecular formula is C23H28N6O2S. The van der Waals surface area contributed by atoms with Crippen LogP contribution in [0.3, 0.4) is 0 Å². The molecule has 32 heavy (non-hydrogen) atoms. The molecule has 1 atom stereocenters. The van der Waals surface area contributed by atoms with Gasteiger partial charge in [-0.2, -0.15) is 17.8 Å². The maximum absolute atomic E-state index is 12.4. The van der Waals surface area contributed by atoms with Gasteiger partial charge in [-0.05, 0) is 21.9 Å². The van der Waals surface area contributed by atoms with Gasteiger partial charge in [0, 0.05) is 43.3 Å². The molecule has 9 heteroatoms. The molecule has 3 rings (SSSR count). The summed E-state index contributed by atoms with van der Waals surface area (Å²) in [6, 6.07) is 16.0. The highest BCUT2D eigenvalue weighted by atomic mass is 32.1. The molecule has 8 nitrogen and oxygen atoms in total. The molecule has 2 N–H and O–H groups in total. The largest absolute Gasteiger partial charge is 0.354 e. The van der Waals surface area contributed by atoms with Crippen molar-refractivity contribution in [1.82, 2.24) is 30.8 Å². The van der Waals surface area contributed by atoms with Crippen LogP contribution >= 0.6 is 12.6 Å². The Hall–Kier alpha value is -3.20. The molecule has 0 aliphatic heterocycles. The summed E-state index contributed by atoms with van der Waals surface area (Å²) in [5, 5.41) is 17.2. The number of carbonyl (C=O) groups excluding carboxylic acids is 2. The van der Waals surface area contributed by atoms with E-state index in [2.05, 4.69) is 38.6 Å². The van der Waals surface area contributed by atoms with E-state index in [4.69, 9.17) is 0 Å². The molecule has 3 aromatic rings. The van der Waals surface area contributed by atoms with Crippen molar-refractivity contribution in [3.05, 3.63) is 54.1 Å². The number of thiol groups is 1. The van der Waals surface area contributed by atoms with E-state index in [1.807, 2.05) is 62.4 Å². The lowest BCUT2D eigenvalue weighted by Crippen LogP contribution is -2.39. The summed E-state index contributed by atoms with van der Waals surface area (Å²) < 4.78 is 0. The summed E-state index contributed by atoms with van der Waals surface area (Å²) >= 11 is 4.15. The van der Waals surface area contributed by atoms with Gasteiger partial charge in [-0.15, -0.1) is 10.2 Å². The summed E-state index contributed by atoms with van der Waals surface area (Å²) in [5.41, 5.74) is 3.93. The number of hydrogen-bond acceptors (Lipinski definition) is 6. The number of benzene rings is 2. The number of nitrogens with zero attached hydrogens (tertiary/aromatic N) is 4. The van der Waals surface area contributed by atoms with Crippen molar-refractivity contribution in [3.63, 3.8) is 0 Å². The lowest BCUT2D eigenvalue weighted by molar-refractivity contribution is -0.132. The molecule has 1 aromatic heterocycles. The van der Waals surface area contributed by atoms with Crippen LogP contribution in [-0.2, 0) is 16.1 Å². The summed E-state index contributed by atoms with van der Waals surface area (Å²) in [4.78, 5) is 26.2. The Balaban J connectivity index is 1.69. The first-order chi connectivity index (χ1) is 15.5. The zero-order chi connectivity index (χ0) is 22.9. The van der Waals surface area contributed by atoms with E-state index < -0.39 is 0 Å². The Morgan fingerprint density at radius 2 is 1.84 bits per heavy atom. The van der Waals surface area contributed by atoms with E-state index in [9.17, 15) is 9.59 Å². The number of aromatic amines is 1. The predicted molar refractivity (Wildman–Crippen MR) is 127 cm³/mol. The maximum atomic E-state index is 12.4. The maximum Gasteiger partial charge on any atom is 0.223 e. The van der Waals surface area contributed by atoms with E-state index in [1.165, 1.54) is 0 Å². The Kier molecular flexibility index (Phi) is 8.38. The van der Waals surface area contributed by atoms with Gasteiger partial charge in [0.1, 0.15) is 0 Å². The topological polar surface area (TPSA) is 104 Å². The van der Waals surface area contributed by atoms with Crippen molar-refractivity contribution in [2.45, 2.75) is 26.8 Å². The molecule has 0 fully saturated rings. The Morgan fingerprint density at radius 1 is 1.12 bits per heavy atom. The fraction of sp³-hybridized carbons (Fsp3) is 0.348. The summed E-state index contributed by atoms with van der Waals surface area (Å²) in [5.74, 6) is 0.878. The van der Waals surface area contributed by atoms with E-state index in [1.54, 1.807) is 4.90 Å². The number of carbonyl (C=O) groups is 2. The number of hydrogen-bond donors (Lipinski definition) is 3. The van der Waals surface area contributed by atoms with Gasteiger partial charge in [-0.25, -0.2) is 0 Å². The minimum absolute atomic E-state index is 0.0477. The minimum atomic E-state index is -0.156.